The van der Waals surface area contributed by atoms with E-state index in [0.717, 1.165) is 9.86 Å². The summed E-state index contributed by atoms with van der Waals surface area (Å²) < 4.78 is 0.740. The molecule has 0 aliphatic heterocycles. The third-order valence-electron chi connectivity index (χ3n) is 1.83. The molecule has 0 unspecified atom stereocenters. The highest BCUT2D eigenvalue weighted by Gasteiger charge is 2.09. The number of anilines is 1. The molecule has 1 aromatic heterocycles. The number of fused-ring (bicyclic) bond motifs is 1. The highest BCUT2D eigenvalue weighted by Crippen LogP contribution is 2.36. The smallest absolute Gasteiger partial charge is 0.0905 e. The quantitative estimate of drug-likeness (QED) is 0.748. The summed E-state index contributed by atoms with van der Waals surface area (Å²) in [6.45, 7) is 0. The molecule has 14 heavy (non-hydrogen) atoms. The van der Waals surface area contributed by atoms with Crippen molar-refractivity contribution in [2.24, 2.45) is 0 Å². The van der Waals surface area contributed by atoms with Crippen molar-refractivity contribution in [2.75, 3.05) is 5.73 Å². The molecule has 5 heteroatoms. The first kappa shape index (κ1) is 10.0. The molecule has 72 valence electrons. The van der Waals surface area contributed by atoms with Gasteiger partial charge in [-0.2, -0.15) is 0 Å². The summed E-state index contributed by atoms with van der Waals surface area (Å²) in [5.41, 5.74) is 6.87. The first-order valence-electron chi connectivity index (χ1n) is 3.78. The molecule has 2 rings (SSSR count). The fraction of sp³-hybridized carbons (Fsp3) is 0. The number of pyridine rings is 1. The lowest BCUT2D eigenvalue weighted by Crippen LogP contribution is -1.88. The highest BCUT2D eigenvalue weighted by atomic mass is 79.9. The minimum atomic E-state index is 0.441. The maximum absolute atomic E-state index is 6.02. The largest absolute Gasteiger partial charge is 0.397 e. The van der Waals surface area contributed by atoms with Crippen molar-refractivity contribution in [1.29, 1.82) is 0 Å². The van der Waals surface area contributed by atoms with Crippen LogP contribution in [-0.4, -0.2) is 4.98 Å². The van der Waals surface area contributed by atoms with Crippen LogP contribution in [0.5, 0.6) is 0 Å². The van der Waals surface area contributed by atoms with Crippen LogP contribution < -0.4 is 5.73 Å². The molecule has 1 aromatic carbocycles. The molecule has 2 N–H and O–H groups in total. The maximum atomic E-state index is 6.02. The molecule has 0 saturated heterocycles. The zero-order valence-corrected chi connectivity index (χ0v) is 9.99. The van der Waals surface area contributed by atoms with Gasteiger partial charge in [-0.05, 0) is 28.1 Å². The molecule has 0 bridgehead atoms. The van der Waals surface area contributed by atoms with Crippen LogP contribution in [-0.2, 0) is 0 Å². The molecule has 1 heterocycles. The summed E-state index contributed by atoms with van der Waals surface area (Å²) in [6, 6.07) is 3.64. The summed E-state index contributed by atoms with van der Waals surface area (Å²) in [4.78, 5) is 4.12. The van der Waals surface area contributed by atoms with Crippen LogP contribution in [0.4, 0.5) is 5.69 Å². The minimum absolute atomic E-state index is 0.441. The second kappa shape index (κ2) is 3.57. The number of hydrogen-bond donors (Lipinski definition) is 1. The second-order valence-electron chi connectivity index (χ2n) is 2.83. The van der Waals surface area contributed by atoms with E-state index < -0.39 is 0 Å². The van der Waals surface area contributed by atoms with Gasteiger partial charge in [0.05, 0.1) is 27.4 Å². The molecule has 0 atom stereocenters. The van der Waals surface area contributed by atoms with E-state index >= 15 is 0 Å². The molecule has 2 nitrogen and oxygen atoms in total. The van der Waals surface area contributed by atoms with Gasteiger partial charge in [-0.3, -0.25) is 4.98 Å². The lowest BCUT2D eigenvalue weighted by atomic mass is 10.2. The third-order valence-corrected chi connectivity index (χ3v) is 3.54. The Morgan fingerprint density at radius 1 is 1.21 bits per heavy atom. The van der Waals surface area contributed by atoms with E-state index in [9.17, 15) is 0 Å². The molecule has 0 radical (unpaired) electrons. The molecule has 0 amide bonds. The first-order chi connectivity index (χ1) is 6.59. The molecule has 0 fully saturated rings. The summed E-state index contributed by atoms with van der Waals surface area (Å²) in [7, 11) is 0. The predicted molar refractivity (Wildman–Crippen MR) is 63.9 cm³/mol. The Balaban J connectivity index is 2.91. The van der Waals surface area contributed by atoms with Gasteiger partial charge in [0.15, 0.2) is 0 Å². The standard InChI is InChI=1S/C9H5BrCl2N2/c10-6-2-4-1-5(13)3-14-9(4)8(12)7(6)11/h1-3H,13H2. The first-order valence-corrected chi connectivity index (χ1v) is 5.33. The molecular formula is C9H5BrCl2N2. The van der Waals surface area contributed by atoms with Gasteiger partial charge in [0.25, 0.3) is 0 Å². The molecule has 0 saturated carbocycles. The zero-order chi connectivity index (χ0) is 10.3. The molecule has 0 aliphatic rings. The average Bonchev–Trinajstić information content (AvgIpc) is 2.14. The van der Waals surface area contributed by atoms with Crippen LogP contribution in [0.1, 0.15) is 0 Å². The van der Waals surface area contributed by atoms with Crippen molar-refractivity contribution in [2.45, 2.75) is 0 Å². The lowest BCUT2D eigenvalue weighted by Gasteiger charge is -2.04. The van der Waals surface area contributed by atoms with Crippen molar-refractivity contribution in [3.63, 3.8) is 0 Å². The zero-order valence-electron chi connectivity index (χ0n) is 6.89. The fourth-order valence-corrected chi connectivity index (χ4v) is 2.16. The number of nitrogen functional groups attached to an aromatic ring is 1. The van der Waals surface area contributed by atoms with Crippen LogP contribution in [0.3, 0.4) is 0 Å². The van der Waals surface area contributed by atoms with Crippen LogP contribution >= 0.6 is 39.1 Å². The average molecular weight is 292 g/mol. The Morgan fingerprint density at radius 3 is 2.64 bits per heavy atom. The predicted octanol–water partition coefficient (Wildman–Crippen LogP) is 3.89. The Morgan fingerprint density at radius 2 is 1.93 bits per heavy atom. The minimum Gasteiger partial charge on any atom is -0.397 e. The molecule has 2 aromatic rings. The number of aromatic nitrogens is 1. The van der Waals surface area contributed by atoms with Crippen molar-refractivity contribution in [3.05, 3.63) is 32.8 Å². The van der Waals surface area contributed by atoms with Crippen LogP contribution in [0.25, 0.3) is 10.9 Å². The maximum Gasteiger partial charge on any atom is 0.0905 e. The van der Waals surface area contributed by atoms with E-state index in [2.05, 4.69) is 20.9 Å². The van der Waals surface area contributed by atoms with Gasteiger partial charge in [-0.15, -0.1) is 0 Å². The summed E-state index contributed by atoms with van der Waals surface area (Å²) in [6.07, 6.45) is 1.55. The van der Waals surface area contributed by atoms with Crippen molar-refractivity contribution < 1.29 is 0 Å². The summed E-state index contributed by atoms with van der Waals surface area (Å²) in [5, 5.41) is 1.78. The number of benzene rings is 1. The second-order valence-corrected chi connectivity index (χ2v) is 4.44. The van der Waals surface area contributed by atoms with E-state index in [1.54, 1.807) is 12.3 Å². The van der Waals surface area contributed by atoms with Gasteiger partial charge >= 0.3 is 0 Å². The number of hydrogen-bond acceptors (Lipinski definition) is 2. The third kappa shape index (κ3) is 1.56. The van der Waals surface area contributed by atoms with Crippen molar-refractivity contribution in [1.82, 2.24) is 4.98 Å². The molecular weight excluding hydrogens is 287 g/mol. The van der Waals surface area contributed by atoms with Gasteiger partial charge < -0.3 is 5.73 Å². The van der Waals surface area contributed by atoms with Crippen LogP contribution in [0.2, 0.25) is 10.0 Å². The van der Waals surface area contributed by atoms with E-state index in [-0.39, 0.29) is 0 Å². The van der Waals surface area contributed by atoms with Gasteiger partial charge in [-0.1, -0.05) is 23.2 Å². The van der Waals surface area contributed by atoms with Gasteiger partial charge in [-0.25, -0.2) is 0 Å². The van der Waals surface area contributed by atoms with Gasteiger partial charge in [0, 0.05) is 9.86 Å². The highest BCUT2D eigenvalue weighted by molar-refractivity contribution is 9.10. The number of nitrogens with zero attached hydrogens (tertiary/aromatic N) is 1. The van der Waals surface area contributed by atoms with Crippen molar-refractivity contribution >= 4 is 55.7 Å². The number of rotatable bonds is 0. The van der Waals surface area contributed by atoms with Gasteiger partial charge in [0.1, 0.15) is 0 Å². The fourth-order valence-electron chi connectivity index (χ4n) is 1.20. The normalized spacial score (nSPS) is 10.8. The Labute approximate surface area is 99.1 Å². The number of nitrogens with two attached hydrogens (primary N) is 1. The van der Waals surface area contributed by atoms with E-state index in [0.29, 0.717) is 21.2 Å². The van der Waals surface area contributed by atoms with E-state index in [1.807, 2.05) is 6.07 Å². The molecule has 0 spiro atoms. The Kier molecular flexibility index (Phi) is 2.56. The Hall–Kier alpha value is -0.510. The van der Waals surface area contributed by atoms with Gasteiger partial charge in [0.2, 0.25) is 0 Å². The van der Waals surface area contributed by atoms with E-state index in [4.69, 9.17) is 28.9 Å². The van der Waals surface area contributed by atoms with Crippen molar-refractivity contribution in [3.8, 4) is 0 Å². The lowest BCUT2D eigenvalue weighted by molar-refractivity contribution is 1.41. The summed E-state index contributed by atoms with van der Waals surface area (Å²) >= 11 is 15.3. The topological polar surface area (TPSA) is 38.9 Å². The monoisotopic (exact) mass is 290 g/mol. The number of halogens is 3. The SMILES string of the molecule is Nc1cnc2c(Cl)c(Cl)c(Br)cc2c1. The molecule has 0 aliphatic carbocycles. The van der Waals surface area contributed by atoms with Crippen LogP contribution in [0, 0.1) is 0 Å². The summed E-state index contributed by atoms with van der Waals surface area (Å²) in [5.74, 6) is 0. The van der Waals surface area contributed by atoms with E-state index in [1.165, 1.54) is 0 Å². The van der Waals surface area contributed by atoms with Crippen LogP contribution in [0.15, 0.2) is 22.8 Å². The Bertz CT molecular complexity index is 514.